The number of benzene rings is 2. The third kappa shape index (κ3) is 4.94. The van der Waals surface area contributed by atoms with E-state index in [-0.39, 0.29) is 52.5 Å². The van der Waals surface area contributed by atoms with Gasteiger partial charge in [-0.05, 0) is 64.1 Å². The van der Waals surface area contributed by atoms with Crippen LogP contribution in [-0.4, -0.2) is 76.7 Å². The van der Waals surface area contributed by atoms with Gasteiger partial charge in [-0.3, -0.25) is 9.36 Å². The Kier molecular flexibility index (Phi) is 7.70. The Morgan fingerprint density at radius 1 is 1.14 bits per heavy atom. The van der Waals surface area contributed by atoms with E-state index in [0.29, 0.717) is 36.4 Å². The number of nitrogens with zero attached hydrogens (tertiary/aromatic N) is 5. The molecular weight excluding hydrogens is 564 g/mol. The number of carbonyl (C=O) groups is 1. The molecule has 6 rings (SSSR count). The van der Waals surface area contributed by atoms with Crippen LogP contribution in [0.25, 0.3) is 22.0 Å². The van der Waals surface area contributed by atoms with E-state index < -0.39 is 17.3 Å². The molecule has 8 nitrogen and oxygen atoms in total. The molecule has 1 aromatic heterocycles. The average Bonchev–Trinajstić information content (AvgIpc) is 2.97. The summed E-state index contributed by atoms with van der Waals surface area (Å²) in [6.07, 6.45) is 4.70. The maximum absolute atomic E-state index is 15.1. The second kappa shape index (κ2) is 11.3. The van der Waals surface area contributed by atoms with Gasteiger partial charge in [0.2, 0.25) is 5.91 Å². The van der Waals surface area contributed by atoms with Crippen LogP contribution in [0.1, 0.15) is 39.2 Å². The summed E-state index contributed by atoms with van der Waals surface area (Å²) in [6, 6.07) is 4.38. The molecule has 3 aliphatic rings. The number of piperidine rings is 1. The van der Waals surface area contributed by atoms with E-state index in [1.165, 1.54) is 24.6 Å². The molecule has 0 radical (unpaired) electrons. The minimum Gasteiger partial charge on any atom is -0.488 e. The predicted octanol–water partition coefficient (Wildman–Crippen LogP) is 5.03. The molecule has 0 aliphatic carbocycles. The van der Waals surface area contributed by atoms with Crippen molar-refractivity contribution in [2.24, 2.45) is 0 Å². The van der Waals surface area contributed by atoms with E-state index in [1.54, 1.807) is 15.5 Å². The van der Waals surface area contributed by atoms with E-state index in [0.717, 1.165) is 32.0 Å². The van der Waals surface area contributed by atoms with Crippen LogP contribution < -0.4 is 15.3 Å². The number of carbonyl (C=O) groups excluding carboxylic acids is 1. The molecule has 4 heterocycles. The summed E-state index contributed by atoms with van der Waals surface area (Å²) in [6.45, 7) is 11.1. The Hall–Kier alpha value is -3.50. The molecule has 222 valence electrons. The minimum atomic E-state index is -0.778. The monoisotopic (exact) mass is 597 g/mol. The fraction of sp³-hybridized carbons (Fsp3) is 0.452. The summed E-state index contributed by atoms with van der Waals surface area (Å²) in [7, 11) is 0. The molecule has 3 atom stereocenters. The number of halogens is 3. The quantitative estimate of drug-likeness (QED) is 0.385. The van der Waals surface area contributed by atoms with E-state index in [9.17, 15) is 14.0 Å². The number of amides is 1. The zero-order chi connectivity index (χ0) is 29.7. The molecule has 2 aromatic carbocycles. The van der Waals surface area contributed by atoms with Crippen LogP contribution in [0.3, 0.4) is 0 Å². The molecule has 2 fully saturated rings. The number of likely N-dealkylation sites (tertiary alicyclic amines) is 1. The lowest BCUT2D eigenvalue weighted by molar-refractivity contribution is -0.128. The second-order valence-corrected chi connectivity index (χ2v) is 11.9. The second-order valence-electron chi connectivity index (χ2n) is 11.5. The van der Waals surface area contributed by atoms with Gasteiger partial charge in [-0.15, -0.1) is 0 Å². The first-order valence-corrected chi connectivity index (χ1v) is 14.8. The van der Waals surface area contributed by atoms with Gasteiger partial charge in [-0.1, -0.05) is 24.6 Å². The van der Waals surface area contributed by atoms with Gasteiger partial charge in [0.25, 0.3) is 0 Å². The first kappa shape index (κ1) is 28.6. The normalized spacial score (nSPS) is 22.7. The standard InChI is InChI=1S/C31H34ClF2N5O3/c1-4-26(40)37-14-19(3)38(15-18(37)2)30-23-13-24(32)27(22-9-8-20(33)12-25(22)34)29-28(23)39(31(41)35-30)21(17-42-29)16-36-10-6-5-7-11-36/h4,8-9,12-13,18-19,21H,1,5-7,10-11,14-17H2,2-3H3/t18-,19+,21?/m1/s1. The molecule has 2 saturated heterocycles. The molecule has 0 bridgehead atoms. The maximum Gasteiger partial charge on any atom is 0.350 e. The SMILES string of the molecule is C=CC(=O)N1C[C@H](C)N(c2nc(=O)n3c4c(c(-c5ccc(F)cc5F)c(Cl)cc24)OCC3CN2CCCCC2)C[C@H]1C. The molecule has 3 aromatic rings. The van der Waals surface area contributed by atoms with Gasteiger partial charge >= 0.3 is 5.69 Å². The van der Waals surface area contributed by atoms with E-state index in [4.69, 9.17) is 16.3 Å². The Morgan fingerprint density at radius 2 is 1.90 bits per heavy atom. The van der Waals surface area contributed by atoms with Crippen molar-refractivity contribution in [3.63, 3.8) is 0 Å². The number of ether oxygens (including phenoxy) is 1. The number of aromatic nitrogens is 2. The molecule has 1 unspecified atom stereocenters. The highest BCUT2D eigenvalue weighted by molar-refractivity contribution is 6.35. The summed E-state index contributed by atoms with van der Waals surface area (Å²) in [4.78, 5) is 37.1. The van der Waals surface area contributed by atoms with Crippen LogP contribution >= 0.6 is 11.6 Å². The lowest BCUT2D eigenvalue weighted by Crippen LogP contribution is -2.58. The minimum absolute atomic E-state index is 0.0867. The summed E-state index contributed by atoms with van der Waals surface area (Å²) < 4.78 is 37.0. The molecule has 42 heavy (non-hydrogen) atoms. The van der Waals surface area contributed by atoms with Crippen molar-refractivity contribution >= 4 is 34.2 Å². The van der Waals surface area contributed by atoms with Crippen molar-refractivity contribution in [1.82, 2.24) is 19.4 Å². The van der Waals surface area contributed by atoms with Gasteiger partial charge in [-0.25, -0.2) is 13.6 Å². The Bertz CT molecular complexity index is 1620. The summed E-state index contributed by atoms with van der Waals surface area (Å²) in [5.74, 6) is -0.917. The zero-order valence-corrected chi connectivity index (χ0v) is 24.5. The highest BCUT2D eigenvalue weighted by Gasteiger charge is 2.36. The van der Waals surface area contributed by atoms with Crippen LogP contribution in [0.2, 0.25) is 5.02 Å². The molecule has 1 amide bonds. The van der Waals surface area contributed by atoms with Crippen molar-refractivity contribution < 1.29 is 18.3 Å². The van der Waals surface area contributed by atoms with Crippen LogP contribution in [0, 0.1) is 11.6 Å². The molecule has 0 spiro atoms. The first-order valence-electron chi connectivity index (χ1n) is 14.5. The fourth-order valence-electron chi connectivity index (χ4n) is 6.64. The third-order valence-corrected chi connectivity index (χ3v) is 9.01. The summed E-state index contributed by atoms with van der Waals surface area (Å²) in [5, 5.41) is 0.804. The lowest BCUT2D eigenvalue weighted by atomic mass is 9.99. The topological polar surface area (TPSA) is 70.9 Å². The van der Waals surface area contributed by atoms with Crippen molar-refractivity contribution in [2.45, 2.75) is 51.2 Å². The highest BCUT2D eigenvalue weighted by atomic mass is 35.5. The van der Waals surface area contributed by atoms with Crippen molar-refractivity contribution in [3.05, 3.63) is 64.1 Å². The maximum atomic E-state index is 15.1. The number of hydrogen-bond acceptors (Lipinski definition) is 6. The van der Waals surface area contributed by atoms with Crippen molar-refractivity contribution in [2.75, 3.05) is 44.2 Å². The van der Waals surface area contributed by atoms with Gasteiger partial charge in [0, 0.05) is 54.3 Å². The molecule has 0 saturated carbocycles. The average molecular weight is 598 g/mol. The first-order chi connectivity index (χ1) is 20.2. The summed E-state index contributed by atoms with van der Waals surface area (Å²) in [5.41, 5.74) is 0.419. The smallest absolute Gasteiger partial charge is 0.350 e. The number of anilines is 1. The summed E-state index contributed by atoms with van der Waals surface area (Å²) >= 11 is 6.85. The van der Waals surface area contributed by atoms with E-state index in [2.05, 4.69) is 16.5 Å². The zero-order valence-electron chi connectivity index (χ0n) is 23.8. The van der Waals surface area contributed by atoms with Crippen molar-refractivity contribution in [1.29, 1.82) is 0 Å². The van der Waals surface area contributed by atoms with Crippen LogP contribution in [0.15, 0.2) is 41.7 Å². The van der Waals surface area contributed by atoms with Gasteiger partial charge < -0.3 is 19.4 Å². The lowest BCUT2D eigenvalue weighted by Gasteiger charge is -2.45. The number of rotatable bonds is 5. The highest BCUT2D eigenvalue weighted by Crippen LogP contribution is 2.47. The van der Waals surface area contributed by atoms with Crippen molar-refractivity contribution in [3.8, 4) is 16.9 Å². The van der Waals surface area contributed by atoms with Gasteiger partial charge in [-0.2, -0.15) is 4.98 Å². The largest absolute Gasteiger partial charge is 0.488 e. The van der Waals surface area contributed by atoms with Crippen LogP contribution in [0.5, 0.6) is 5.75 Å². The van der Waals surface area contributed by atoms with E-state index in [1.807, 2.05) is 18.7 Å². The molecule has 11 heteroatoms. The number of hydrogen-bond donors (Lipinski definition) is 0. The van der Waals surface area contributed by atoms with Gasteiger partial charge in [0.15, 0.2) is 5.75 Å². The van der Waals surface area contributed by atoms with E-state index >= 15 is 4.39 Å². The van der Waals surface area contributed by atoms with Gasteiger partial charge in [0.05, 0.1) is 16.6 Å². The molecule has 0 N–H and O–H groups in total. The Morgan fingerprint density at radius 3 is 2.62 bits per heavy atom. The van der Waals surface area contributed by atoms with Gasteiger partial charge in [0.1, 0.15) is 24.1 Å². The third-order valence-electron chi connectivity index (χ3n) is 8.72. The molecular formula is C31H34ClF2N5O3. The van der Waals surface area contributed by atoms with Crippen LogP contribution in [-0.2, 0) is 4.79 Å². The predicted molar refractivity (Wildman–Crippen MR) is 159 cm³/mol. The number of piperazine rings is 1. The fourth-order valence-corrected chi connectivity index (χ4v) is 6.94. The Balaban J connectivity index is 1.54. The Labute approximate surface area is 248 Å². The molecule has 3 aliphatic heterocycles. The van der Waals surface area contributed by atoms with Crippen LogP contribution in [0.4, 0.5) is 14.6 Å².